The molecule has 4 heteroatoms. The SMILES string of the molecule is CN(C)C1(c2cccc(Cl)c2)CCC2(CC1)OCCO2. The highest BCUT2D eigenvalue weighted by Gasteiger charge is 2.47. The fraction of sp³-hybridized carbons (Fsp3) is 0.625. The largest absolute Gasteiger partial charge is 0.348 e. The molecule has 1 heterocycles. The van der Waals surface area contributed by atoms with Gasteiger partial charge in [0.05, 0.1) is 13.2 Å². The number of ether oxygens (including phenoxy) is 2. The number of hydrogen-bond donors (Lipinski definition) is 0. The van der Waals surface area contributed by atoms with Crippen molar-refractivity contribution in [1.29, 1.82) is 0 Å². The summed E-state index contributed by atoms with van der Waals surface area (Å²) in [6.45, 7) is 1.46. The summed E-state index contributed by atoms with van der Waals surface area (Å²) in [6, 6.07) is 8.24. The second-order valence-corrected chi connectivity index (χ2v) is 6.48. The fourth-order valence-corrected chi connectivity index (χ4v) is 3.79. The van der Waals surface area contributed by atoms with Crippen molar-refractivity contribution >= 4 is 11.6 Å². The molecule has 1 aromatic carbocycles. The summed E-state index contributed by atoms with van der Waals surface area (Å²) in [7, 11) is 4.30. The van der Waals surface area contributed by atoms with Gasteiger partial charge in [-0.05, 0) is 44.6 Å². The summed E-state index contributed by atoms with van der Waals surface area (Å²) >= 11 is 6.18. The minimum atomic E-state index is -0.321. The van der Waals surface area contributed by atoms with Gasteiger partial charge in [-0.3, -0.25) is 4.90 Å². The van der Waals surface area contributed by atoms with Gasteiger partial charge in [-0.15, -0.1) is 0 Å². The fourth-order valence-electron chi connectivity index (χ4n) is 3.60. The van der Waals surface area contributed by atoms with Crippen molar-refractivity contribution in [2.75, 3.05) is 27.3 Å². The highest BCUT2D eigenvalue weighted by Crippen LogP contribution is 2.47. The Morgan fingerprint density at radius 2 is 1.70 bits per heavy atom. The molecule has 0 aromatic heterocycles. The maximum atomic E-state index is 6.18. The highest BCUT2D eigenvalue weighted by atomic mass is 35.5. The first-order valence-electron chi connectivity index (χ1n) is 7.28. The maximum absolute atomic E-state index is 6.18. The Morgan fingerprint density at radius 3 is 2.25 bits per heavy atom. The van der Waals surface area contributed by atoms with Crippen LogP contribution in [-0.4, -0.2) is 38.0 Å². The number of halogens is 1. The zero-order valence-electron chi connectivity index (χ0n) is 12.2. The van der Waals surface area contributed by atoms with Gasteiger partial charge in [0, 0.05) is 23.4 Å². The molecule has 1 aromatic rings. The van der Waals surface area contributed by atoms with E-state index in [4.69, 9.17) is 21.1 Å². The molecule has 3 rings (SSSR count). The van der Waals surface area contributed by atoms with E-state index in [0.717, 1.165) is 43.9 Å². The standard InChI is InChI=1S/C16H22ClNO2/c1-18(2)15(13-4-3-5-14(17)12-13)6-8-16(9-7-15)19-10-11-20-16/h3-5,12H,6-11H2,1-2H3. The van der Waals surface area contributed by atoms with E-state index >= 15 is 0 Å². The minimum Gasteiger partial charge on any atom is -0.348 e. The smallest absolute Gasteiger partial charge is 0.168 e. The molecule has 1 spiro atoms. The van der Waals surface area contributed by atoms with E-state index in [9.17, 15) is 0 Å². The highest BCUT2D eigenvalue weighted by molar-refractivity contribution is 6.30. The van der Waals surface area contributed by atoms with Crippen LogP contribution in [0, 0.1) is 0 Å². The first-order valence-corrected chi connectivity index (χ1v) is 7.66. The normalized spacial score (nSPS) is 24.4. The lowest BCUT2D eigenvalue weighted by Crippen LogP contribution is -2.49. The molecule has 0 radical (unpaired) electrons. The molecule has 0 unspecified atom stereocenters. The Labute approximate surface area is 125 Å². The summed E-state index contributed by atoms with van der Waals surface area (Å²) in [5.74, 6) is -0.321. The van der Waals surface area contributed by atoms with Crippen molar-refractivity contribution in [1.82, 2.24) is 4.90 Å². The quantitative estimate of drug-likeness (QED) is 0.834. The van der Waals surface area contributed by atoms with Crippen LogP contribution in [0.5, 0.6) is 0 Å². The number of nitrogens with zero attached hydrogens (tertiary/aromatic N) is 1. The van der Waals surface area contributed by atoms with E-state index in [-0.39, 0.29) is 11.3 Å². The van der Waals surface area contributed by atoms with E-state index in [1.54, 1.807) is 0 Å². The zero-order chi connectivity index (χ0) is 14.2. The first kappa shape index (κ1) is 14.3. The van der Waals surface area contributed by atoms with Crippen LogP contribution in [0.15, 0.2) is 24.3 Å². The van der Waals surface area contributed by atoms with Gasteiger partial charge >= 0.3 is 0 Å². The maximum Gasteiger partial charge on any atom is 0.168 e. The summed E-state index contributed by atoms with van der Waals surface area (Å²) in [5.41, 5.74) is 1.33. The molecular formula is C16H22ClNO2. The molecular weight excluding hydrogens is 274 g/mol. The lowest BCUT2D eigenvalue weighted by molar-refractivity contribution is -0.193. The second-order valence-electron chi connectivity index (χ2n) is 6.04. The lowest BCUT2D eigenvalue weighted by atomic mass is 9.73. The summed E-state index contributed by atoms with van der Waals surface area (Å²) < 4.78 is 11.7. The van der Waals surface area contributed by atoms with Crippen molar-refractivity contribution in [2.24, 2.45) is 0 Å². The van der Waals surface area contributed by atoms with Gasteiger partial charge in [-0.2, -0.15) is 0 Å². The third-order valence-corrected chi connectivity index (χ3v) is 5.11. The molecule has 0 amide bonds. The predicted octanol–water partition coefficient (Wildman–Crippen LogP) is 3.41. The van der Waals surface area contributed by atoms with Crippen LogP contribution in [0.1, 0.15) is 31.2 Å². The molecule has 2 fully saturated rings. The Balaban J connectivity index is 1.87. The van der Waals surface area contributed by atoms with Crippen LogP contribution >= 0.6 is 11.6 Å². The van der Waals surface area contributed by atoms with Gasteiger partial charge in [0.25, 0.3) is 0 Å². The van der Waals surface area contributed by atoms with Gasteiger partial charge in [-0.25, -0.2) is 0 Å². The van der Waals surface area contributed by atoms with Crippen LogP contribution in [0.4, 0.5) is 0 Å². The molecule has 0 N–H and O–H groups in total. The third kappa shape index (κ3) is 2.37. The van der Waals surface area contributed by atoms with Gasteiger partial charge in [0.2, 0.25) is 0 Å². The first-order chi connectivity index (χ1) is 9.56. The van der Waals surface area contributed by atoms with E-state index in [0.29, 0.717) is 0 Å². The van der Waals surface area contributed by atoms with Crippen LogP contribution in [0.2, 0.25) is 5.02 Å². The third-order valence-electron chi connectivity index (χ3n) is 4.87. The van der Waals surface area contributed by atoms with E-state index in [1.807, 2.05) is 12.1 Å². The van der Waals surface area contributed by atoms with Gasteiger partial charge < -0.3 is 9.47 Å². The van der Waals surface area contributed by atoms with Crippen LogP contribution in [-0.2, 0) is 15.0 Å². The predicted molar refractivity (Wildman–Crippen MR) is 79.9 cm³/mol. The Hall–Kier alpha value is -0.610. The molecule has 0 bridgehead atoms. The zero-order valence-corrected chi connectivity index (χ0v) is 12.9. The van der Waals surface area contributed by atoms with Crippen LogP contribution in [0.3, 0.4) is 0 Å². The van der Waals surface area contributed by atoms with E-state index in [1.165, 1.54) is 5.56 Å². The molecule has 20 heavy (non-hydrogen) atoms. The van der Waals surface area contributed by atoms with Gasteiger partial charge in [0.1, 0.15) is 0 Å². The Kier molecular flexibility index (Phi) is 3.80. The van der Waals surface area contributed by atoms with Crippen molar-refractivity contribution in [3.8, 4) is 0 Å². The Morgan fingerprint density at radius 1 is 1.05 bits per heavy atom. The monoisotopic (exact) mass is 295 g/mol. The van der Waals surface area contributed by atoms with Crippen LogP contribution < -0.4 is 0 Å². The van der Waals surface area contributed by atoms with Crippen LogP contribution in [0.25, 0.3) is 0 Å². The van der Waals surface area contributed by atoms with Crippen molar-refractivity contribution in [2.45, 2.75) is 37.0 Å². The molecule has 1 aliphatic heterocycles. The molecule has 1 saturated heterocycles. The molecule has 3 nitrogen and oxygen atoms in total. The van der Waals surface area contributed by atoms with Crippen molar-refractivity contribution in [3.05, 3.63) is 34.9 Å². The number of benzene rings is 1. The summed E-state index contributed by atoms with van der Waals surface area (Å²) in [6.07, 6.45) is 3.94. The molecule has 1 aliphatic carbocycles. The number of hydrogen-bond acceptors (Lipinski definition) is 3. The molecule has 1 saturated carbocycles. The lowest BCUT2D eigenvalue weighted by Gasteiger charge is -2.48. The minimum absolute atomic E-state index is 0.0332. The van der Waals surface area contributed by atoms with Gasteiger partial charge in [-0.1, -0.05) is 23.7 Å². The second kappa shape index (κ2) is 5.30. The van der Waals surface area contributed by atoms with Gasteiger partial charge in [0.15, 0.2) is 5.79 Å². The average Bonchev–Trinajstić information content (AvgIpc) is 2.88. The summed E-state index contributed by atoms with van der Waals surface area (Å²) in [5, 5.41) is 0.803. The number of rotatable bonds is 2. The molecule has 2 aliphatic rings. The van der Waals surface area contributed by atoms with Crippen molar-refractivity contribution < 1.29 is 9.47 Å². The topological polar surface area (TPSA) is 21.7 Å². The van der Waals surface area contributed by atoms with Crippen molar-refractivity contribution in [3.63, 3.8) is 0 Å². The van der Waals surface area contributed by atoms with E-state index < -0.39 is 0 Å². The summed E-state index contributed by atoms with van der Waals surface area (Å²) in [4.78, 5) is 2.32. The molecule has 0 atom stereocenters. The van der Waals surface area contributed by atoms with E-state index in [2.05, 4.69) is 31.1 Å². The average molecular weight is 296 g/mol. The Bertz CT molecular complexity index is 473. The molecule has 110 valence electrons.